The Morgan fingerprint density at radius 1 is 1.15 bits per heavy atom. The Morgan fingerprint density at radius 2 is 1.85 bits per heavy atom. The van der Waals surface area contributed by atoms with Gasteiger partial charge in [-0.05, 0) is 18.9 Å². The number of rotatable bonds is 5. The molecule has 1 amide bonds. The van der Waals surface area contributed by atoms with Crippen LogP contribution in [0.2, 0.25) is 0 Å². The van der Waals surface area contributed by atoms with Crippen molar-refractivity contribution in [2.75, 3.05) is 0 Å². The zero-order valence-corrected chi connectivity index (χ0v) is 15.2. The van der Waals surface area contributed by atoms with Gasteiger partial charge in [-0.2, -0.15) is 0 Å². The van der Waals surface area contributed by atoms with Crippen molar-refractivity contribution in [1.29, 1.82) is 0 Å². The summed E-state index contributed by atoms with van der Waals surface area (Å²) in [7, 11) is 0. The highest BCUT2D eigenvalue weighted by molar-refractivity contribution is 5.91. The maximum atomic E-state index is 13.6. The van der Waals surface area contributed by atoms with Crippen molar-refractivity contribution in [3.05, 3.63) is 64.0 Å². The molecule has 0 bridgehead atoms. The molecule has 0 spiro atoms. The van der Waals surface area contributed by atoms with E-state index in [1.165, 1.54) is 25.3 Å². The first-order valence-corrected chi connectivity index (χ1v) is 9.43. The molecule has 0 unspecified atom stereocenters. The first kappa shape index (κ1) is 19.1. The van der Waals surface area contributed by atoms with E-state index in [1.54, 1.807) is 18.2 Å². The Labute approximate surface area is 157 Å². The monoisotopic (exact) mass is 373 g/mol. The lowest BCUT2D eigenvalue weighted by molar-refractivity contribution is 0.0899. The second kappa shape index (κ2) is 9.35. The number of carbonyl (C=O) groups is 1. The maximum absolute atomic E-state index is 13.6. The third kappa shape index (κ3) is 5.42. The molecule has 1 aromatic heterocycles. The van der Waals surface area contributed by atoms with E-state index in [4.69, 9.17) is 9.15 Å². The van der Waals surface area contributed by atoms with E-state index in [0.717, 1.165) is 38.0 Å². The molecule has 6 heteroatoms. The smallest absolute Gasteiger partial charge is 0.287 e. The molecular formula is C21H24FNO4. The standard InChI is InChI=1S/C21H24FNO4/c22-17-11-7-6-8-15(17)13-26-20-14-27-19(12-18(20)24)21(25)23-16-9-4-2-1-3-5-10-16/h6-8,11-12,14,16H,1-5,9-10,13H2,(H,23,25). The van der Waals surface area contributed by atoms with Crippen LogP contribution in [0.4, 0.5) is 4.39 Å². The van der Waals surface area contributed by atoms with E-state index in [1.807, 2.05) is 0 Å². The van der Waals surface area contributed by atoms with Gasteiger partial charge >= 0.3 is 0 Å². The van der Waals surface area contributed by atoms with Crippen LogP contribution in [-0.2, 0) is 6.61 Å². The maximum Gasteiger partial charge on any atom is 0.287 e. The lowest BCUT2D eigenvalue weighted by Crippen LogP contribution is -2.35. The van der Waals surface area contributed by atoms with Gasteiger partial charge in [0.25, 0.3) is 5.91 Å². The SMILES string of the molecule is O=C(NC1CCCCCCC1)c1cc(=O)c(OCc2ccccc2F)co1. The molecule has 1 aliphatic rings. The van der Waals surface area contributed by atoms with Crippen molar-refractivity contribution in [2.45, 2.75) is 57.6 Å². The Balaban J connectivity index is 1.60. The summed E-state index contributed by atoms with van der Waals surface area (Å²) in [6.07, 6.45) is 8.82. The average molecular weight is 373 g/mol. The van der Waals surface area contributed by atoms with Crippen molar-refractivity contribution >= 4 is 5.91 Å². The molecule has 2 aromatic rings. The van der Waals surface area contributed by atoms with Gasteiger partial charge in [-0.3, -0.25) is 9.59 Å². The van der Waals surface area contributed by atoms with Crippen molar-refractivity contribution in [1.82, 2.24) is 5.32 Å². The summed E-state index contributed by atoms with van der Waals surface area (Å²) in [5.74, 6) is -0.892. The fourth-order valence-electron chi connectivity index (χ4n) is 3.25. The summed E-state index contributed by atoms with van der Waals surface area (Å²) in [5.41, 5.74) is -0.136. The summed E-state index contributed by atoms with van der Waals surface area (Å²) in [6.45, 7) is -0.0922. The van der Waals surface area contributed by atoms with Crippen LogP contribution in [-0.4, -0.2) is 11.9 Å². The van der Waals surface area contributed by atoms with Crippen molar-refractivity contribution < 1.29 is 18.3 Å². The van der Waals surface area contributed by atoms with Crippen LogP contribution in [0.1, 0.15) is 61.1 Å². The highest BCUT2D eigenvalue weighted by Gasteiger charge is 2.18. The van der Waals surface area contributed by atoms with Gasteiger partial charge in [-0.1, -0.05) is 50.3 Å². The third-order valence-electron chi connectivity index (χ3n) is 4.80. The molecule has 27 heavy (non-hydrogen) atoms. The van der Waals surface area contributed by atoms with Gasteiger partial charge in [0, 0.05) is 17.7 Å². The lowest BCUT2D eigenvalue weighted by Gasteiger charge is -2.20. The van der Waals surface area contributed by atoms with Gasteiger partial charge in [-0.25, -0.2) is 4.39 Å². The largest absolute Gasteiger partial charge is 0.482 e. The zero-order chi connectivity index (χ0) is 19.1. The first-order chi connectivity index (χ1) is 13.1. The van der Waals surface area contributed by atoms with E-state index in [9.17, 15) is 14.0 Å². The molecule has 3 rings (SSSR count). The quantitative estimate of drug-likeness (QED) is 0.853. The zero-order valence-electron chi connectivity index (χ0n) is 15.2. The number of amides is 1. The summed E-state index contributed by atoms with van der Waals surface area (Å²) < 4.78 is 24.2. The Bertz CT molecular complexity index is 825. The van der Waals surface area contributed by atoms with Gasteiger partial charge in [0.2, 0.25) is 11.2 Å². The van der Waals surface area contributed by atoms with Gasteiger partial charge in [0.05, 0.1) is 0 Å². The number of halogens is 1. The Morgan fingerprint density at radius 3 is 2.56 bits per heavy atom. The van der Waals surface area contributed by atoms with Gasteiger partial charge in [-0.15, -0.1) is 0 Å². The molecule has 1 fully saturated rings. The highest BCUT2D eigenvalue weighted by atomic mass is 19.1. The topological polar surface area (TPSA) is 68.5 Å². The van der Waals surface area contributed by atoms with Crippen LogP contribution in [0.15, 0.2) is 45.8 Å². The van der Waals surface area contributed by atoms with Crippen LogP contribution in [0.5, 0.6) is 5.75 Å². The predicted octanol–water partition coefficient (Wildman–Crippen LogP) is 4.20. The normalized spacial score (nSPS) is 15.6. The molecule has 1 N–H and O–H groups in total. The summed E-state index contributed by atoms with van der Waals surface area (Å²) in [4.78, 5) is 24.5. The van der Waals surface area contributed by atoms with E-state index >= 15 is 0 Å². The van der Waals surface area contributed by atoms with Gasteiger partial charge in [0.15, 0.2) is 5.76 Å². The van der Waals surface area contributed by atoms with Gasteiger partial charge < -0.3 is 14.5 Å². The molecule has 1 heterocycles. The molecule has 0 atom stereocenters. The molecule has 0 saturated heterocycles. The first-order valence-electron chi connectivity index (χ1n) is 9.43. The number of carbonyl (C=O) groups excluding carboxylic acids is 1. The molecule has 1 saturated carbocycles. The molecule has 1 aromatic carbocycles. The molecule has 5 nitrogen and oxygen atoms in total. The highest BCUT2D eigenvalue weighted by Crippen LogP contribution is 2.18. The predicted molar refractivity (Wildman–Crippen MR) is 99.3 cm³/mol. The minimum atomic E-state index is -0.472. The molecule has 0 aliphatic heterocycles. The second-order valence-electron chi connectivity index (χ2n) is 6.87. The van der Waals surface area contributed by atoms with Crippen LogP contribution in [0.3, 0.4) is 0 Å². The second-order valence-corrected chi connectivity index (χ2v) is 6.87. The molecule has 0 radical (unpaired) electrons. The minimum absolute atomic E-state index is 0.0414. The lowest BCUT2D eigenvalue weighted by atomic mass is 9.96. The van der Waals surface area contributed by atoms with E-state index in [2.05, 4.69) is 5.32 Å². The summed E-state index contributed by atoms with van der Waals surface area (Å²) in [6, 6.07) is 7.40. The molecular weight excluding hydrogens is 349 g/mol. The number of ether oxygens (including phenoxy) is 1. The van der Waals surface area contributed by atoms with E-state index in [0.29, 0.717) is 5.56 Å². The fourth-order valence-corrected chi connectivity index (χ4v) is 3.25. The van der Waals surface area contributed by atoms with Crippen LogP contribution in [0.25, 0.3) is 0 Å². The third-order valence-corrected chi connectivity index (χ3v) is 4.80. The Kier molecular flexibility index (Phi) is 6.63. The fraction of sp³-hybridized carbons (Fsp3) is 0.429. The number of benzene rings is 1. The van der Waals surface area contributed by atoms with Crippen molar-refractivity contribution in [2.24, 2.45) is 0 Å². The number of hydrogen-bond donors (Lipinski definition) is 1. The van der Waals surface area contributed by atoms with Crippen LogP contribution in [0, 0.1) is 5.82 Å². The van der Waals surface area contributed by atoms with Crippen LogP contribution >= 0.6 is 0 Å². The van der Waals surface area contributed by atoms with Crippen molar-refractivity contribution in [3.63, 3.8) is 0 Å². The van der Waals surface area contributed by atoms with Crippen LogP contribution < -0.4 is 15.5 Å². The summed E-state index contributed by atoms with van der Waals surface area (Å²) >= 11 is 0. The van der Waals surface area contributed by atoms with E-state index < -0.39 is 17.2 Å². The van der Waals surface area contributed by atoms with E-state index in [-0.39, 0.29) is 24.2 Å². The Hall–Kier alpha value is -2.63. The molecule has 144 valence electrons. The minimum Gasteiger partial charge on any atom is -0.482 e. The number of nitrogens with one attached hydrogen (secondary N) is 1. The van der Waals surface area contributed by atoms with Gasteiger partial charge in [0.1, 0.15) is 18.7 Å². The summed E-state index contributed by atoms with van der Waals surface area (Å²) in [5, 5.41) is 2.95. The van der Waals surface area contributed by atoms with Crippen molar-refractivity contribution in [3.8, 4) is 5.75 Å². The average Bonchev–Trinajstić information content (AvgIpc) is 2.64. The molecule has 1 aliphatic carbocycles. The number of hydrogen-bond acceptors (Lipinski definition) is 4.